The molecule has 0 atom stereocenters. The standard InChI is InChI=1S/C21H32Cl2N4O.C18H27Cl2N3.C6H9N3O.I3/c1-25(2)21(28)24-17-8-6-16(7-9-17)10-11-26-12-14-27(15-13-26)19-5-3-4-18(22)20(19)23;19-16-2-1-3-17(18(16)20)23-12-10-22(11-13-23)9-8-14-4-6-15(21)7-5-14;1-8(2)6(10)9-4-3-7-5-9;1-3-2/h3-5,16-17H,6-15H2,1-2H3,(H,24,28);1-3,14-15H,4-13,21H2;3-5H,1-2H3;/q;;;-1. The van der Waals surface area contributed by atoms with Crippen molar-refractivity contribution < 1.29 is 22.8 Å². The van der Waals surface area contributed by atoms with Crippen molar-refractivity contribution in [3.8, 4) is 0 Å². The molecule has 3 aromatic rings. The SMILES string of the molecule is CN(C)C(=O)NC1CCC(CCN2CCN(c3cccc(Cl)c3Cl)CC2)CC1.CN(C)C(=O)n1ccnc1.I[I-]I.NC1CCC(CCN2CCN(c3cccc(Cl)c3Cl)CC2)CC1. The summed E-state index contributed by atoms with van der Waals surface area (Å²) < 4.78 is 1.42. The summed E-state index contributed by atoms with van der Waals surface area (Å²) in [5.41, 5.74) is 8.11. The third kappa shape index (κ3) is 19.0. The number of nitrogens with two attached hydrogens (primary N) is 1. The number of carbonyl (C=O) groups excluding carboxylic acids is 2. The van der Waals surface area contributed by atoms with Gasteiger partial charge in [0.1, 0.15) is 6.33 Å². The van der Waals surface area contributed by atoms with E-state index in [2.05, 4.69) is 79.3 Å². The number of benzene rings is 2. The molecule has 2 aliphatic carbocycles. The topological polar surface area (TPSA) is 109 Å². The normalized spacial score (nSPS) is 21.6. The van der Waals surface area contributed by atoms with Gasteiger partial charge in [-0.05, 0) is 113 Å². The van der Waals surface area contributed by atoms with Crippen LogP contribution in [0.25, 0.3) is 0 Å². The van der Waals surface area contributed by atoms with Crippen molar-refractivity contribution >= 4 is 107 Å². The van der Waals surface area contributed by atoms with Crippen LogP contribution in [-0.4, -0.2) is 147 Å². The number of nitrogens with zero attached hydrogens (tertiary/aromatic N) is 8. The van der Waals surface area contributed by atoms with Gasteiger partial charge in [0.15, 0.2) is 0 Å². The van der Waals surface area contributed by atoms with Crippen LogP contribution in [0.1, 0.15) is 64.2 Å². The number of rotatable bonds is 9. The van der Waals surface area contributed by atoms with Gasteiger partial charge in [0, 0.05) is 105 Å². The molecule has 2 saturated carbocycles. The first-order valence-electron chi connectivity index (χ1n) is 22.3. The molecule has 2 aliphatic heterocycles. The molecule has 3 N–H and O–H groups in total. The number of halogens is 7. The molecule has 0 unspecified atom stereocenters. The van der Waals surface area contributed by atoms with Crippen molar-refractivity contribution in [3.05, 3.63) is 75.2 Å². The monoisotopic (exact) mass is 1300 g/mol. The Balaban J connectivity index is 0.000000223. The van der Waals surface area contributed by atoms with Crippen LogP contribution < -0.4 is 34.1 Å². The second-order valence-corrected chi connectivity index (χ2v) is 35.2. The van der Waals surface area contributed by atoms with Crippen LogP contribution >= 0.6 is 83.6 Å². The fraction of sp³-hybridized carbons (Fsp3) is 0.622. The van der Waals surface area contributed by atoms with Gasteiger partial charge >= 0.3 is 62.5 Å². The molecule has 360 valence electrons. The van der Waals surface area contributed by atoms with E-state index in [1.807, 2.05) is 24.3 Å². The predicted molar refractivity (Wildman–Crippen MR) is 282 cm³/mol. The molecular formula is C45H68Cl4I3N10O2-. The molecule has 7 rings (SSSR count). The van der Waals surface area contributed by atoms with Crippen molar-refractivity contribution in [3.63, 3.8) is 0 Å². The van der Waals surface area contributed by atoms with Crippen molar-refractivity contribution in [2.75, 3.05) is 103 Å². The number of aromatic nitrogens is 2. The molecule has 0 bridgehead atoms. The van der Waals surface area contributed by atoms with Gasteiger partial charge in [-0.25, -0.2) is 14.6 Å². The average Bonchev–Trinajstić information content (AvgIpc) is 3.84. The third-order valence-corrected chi connectivity index (χ3v) is 14.2. The number of hydrogen-bond acceptors (Lipinski definition) is 8. The summed E-state index contributed by atoms with van der Waals surface area (Å²) in [5.74, 6) is 1.67. The third-order valence-electron chi connectivity index (χ3n) is 12.6. The number of imidazole rings is 1. The van der Waals surface area contributed by atoms with Gasteiger partial charge in [-0.2, -0.15) is 0 Å². The maximum atomic E-state index is 11.8. The molecule has 3 heterocycles. The van der Waals surface area contributed by atoms with E-state index in [0.29, 0.717) is 45.4 Å². The molecular weight excluding hydrogens is 1240 g/mol. The number of anilines is 2. The van der Waals surface area contributed by atoms with Crippen LogP contribution in [0.2, 0.25) is 20.1 Å². The minimum absolute atomic E-state index is 0.0288. The van der Waals surface area contributed by atoms with Crippen LogP contribution in [-0.2, 0) is 0 Å². The van der Waals surface area contributed by atoms with E-state index in [1.54, 1.807) is 45.5 Å². The van der Waals surface area contributed by atoms with E-state index >= 15 is 0 Å². The first kappa shape index (κ1) is 55.8. The molecule has 4 aliphatic rings. The van der Waals surface area contributed by atoms with E-state index in [0.717, 1.165) is 95.0 Å². The molecule has 64 heavy (non-hydrogen) atoms. The second-order valence-electron chi connectivity index (χ2n) is 17.4. The fourth-order valence-electron chi connectivity index (χ4n) is 8.61. The van der Waals surface area contributed by atoms with Crippen molar-refractivity contribution in [2.24, 2.45) is 17.6 Å². The Bertz CT molecular complexity index is 1800. The summed E-state index contributed by atoms with van der Waals surface area (Å²) in [6.45, 7) is 10.8. The average molecular weight is 1300 g/mol. The number of piperazine rings is 2. The Kier molecular flexibility index (Phi) is 26.1. The molecule has 0 radical (unpaired) electrons. The number of hydrogen-bond donors (Lipinski definition) is 2. The van der Waals surface area contributed by atoms with Gasteiger partial charge in [0.2, 0.25) is 0 Å². The molecule has 0 spiro atoms. The first-order valence-corrected chi connectivity index (χ1v) is 36.4. The van der Waals surface area contributed by atoms with Crippen molar-refractivity contribution in [2.45, 2.75) is 76.3 Å². The van der Waals surface area contributed by atoms with Crippen LogP contribution in [0.4, 0.5) is 21.0 Å². The van der Waals surface area contributed by atoms with E-state index in [1.165, 1.54) is 73.7 Å². The molecule has 4 fully saturated rings. The molecule has 1 aromatic heterocycles. The van der Waals surface area contributed by atoms with Crippen LogP contribution in [0.15, 0.2) is 55.1 Å². The summed E-state index contributed by atoms with van der Waals surface area (Å²) in [4.78, 5) is 39.5. The van der Waals surface area contributed by atoms with Gasteiger partial charge in [-0.15, -0.1) is 0 Å². The summed E-state index contributed by atoms with van der Waals surface area (Å²) in [7, 11) is 6.98. The van der Waals surface area contributed by atoms with Gasteiger partial charge in [-0.1, -0.05) is 58.5 Å². The Morgan fingerprint density at radius 3 is 1.53 bits per heavy atom. The van der Waals surface area contributed by atoms with E-state index in [9.17, 15) is 9.59 Å². The molecule has 12 nitrogen and oxygen atoms in total. The van der Waals surface area contributed by atoms with Crippen LogP contribution in [0.5, 0.6) is 0 Å². The van der Waals surface area contributed by atoms with Gasteiger partial charge in [0.25, 0.3) is 0 Å². The van der Waals surface area contributed by atoms with Gasteiger partial charge in [-0.3, -0.25) is 14.4 Å². The second kappa shape index (κ2) is 30.0. The van der Waals surface area contributed by atoms with E-state index in [4.69, 9.17) is 52.1 Å². The summed E-state index contributed by atoms with van der Waals surface area (Å²) in [5, 5.41) is 5.73. The van der Waals surface area contributed by atoms with Gasteiger partial charge < -0.3 is 30.7 Å². The number of urea groups is 1. The maximum Gasteiger partial charge on any atom is 0.0825 e. The largest absolute Gasteiger partial charge is 0.368 e. The Morgan fingerprint density at radius 2 is 1.14 bits per heavy atom. The van der Waals surface area contributed by atoms with Crippen LogP contribution in [0.3, 0.4) is 0 Å². The van der Waals surface area contributed by atoms with Crippen molar-refractivity contribution in [1.29, 1.82) is 0 Å². The smallest absolute Gasteiger partial charge is 0.0825 e. The minimum atomic E-state index is -0.0856. The number of nitrogens with one attached hydrogen (secondary N) is 1. The Morgan fingerprint density at radius 1 is 0.703 bits per heavy atom. The molecule has 3 amide bonds. The predicted octanol–water partition coefficient (Wildman–Crippen LogP) is 7.55. The molecule has 2 saturated heterocycles. The Labute approximate surface area is 432 Å². The molecule has 19 heteroatoms. The number of carbonyl (C=O) groups is 2. The summed E-state index contributed by atoms with van der Waals surface area (Å²) in [6.07, 6.45) is 16.9. The zero-order valence-corrected chi connectivity index (χ0v) is 47.3. The quantitative estimate of drug-likeness (QED) is 0.212. The fourth-order valence-corrected chi connectivity index (χ4v) is 9.44. The van der Waals surface area contributed by atoms with E-state index in [-0.39, 0.29) is 12.1 Å². The maximum absolute atomic E-state index is 11.8. The number of amides is 3. The van der Waals surface area contributed by atoms with E-state index < -0.39 is 0 Å². The van der Waals surface area contributed by atoms with Crippen LogP contribution in [0, 0.1) is 11.8 Å². The zero-order valence-electron chi connectivity index (χ0n) is 37.8. The van der Waals surface area contributed by atoms with Gasteiger partial charge in [0.05, 0.1) is 31.5 Å². The zero-order chi connectivity index (χ0) is 46.6. The summed E-state index contributed by atoms with van der Waals surface area (Å²) in [6, 6.07) is 12.5. The molecule has 2 aromatic carbocycles. The first-order chi connectivity index (χ1) is 30.7. The van der Waals surface area contributed by atoms with Crippen molar-refractivity contribution in [1.82, 2.24) is 34.5 Å². The summed E-state index contributed by atoms with van der Waals surface area (Å²) >= 11 is 30.3. The minimum Gasteiger partial charge on any atom is -0.368 e. The Hall–Kier alpha value is -0.780.